The third-order valence-corrected chi connectivity index (χ3v) is 3.71. The predicted molar refractivity (Wildman–Crippen MR) is 77.5 cm³/mol. The van der Waals surface area contributed by atoms with Gasteiger partial charge in [0.05, 0.1) is 0 Å². The third kappa shape index (κ3) is 2.88. The van der Waals surface area contributed by atoms with Gasteiger partial charge in [0.2, 0.25) is 0 Å². The number of hydrogen-bond acceptors (Lipinski definition) is 2. The highest BCUT2D eigenvalue weighted by atomic mass is 32.1. The van der Waals surface area contributed by atoms with Crippen molar-refractivity contribution in [3.8, 4) is 0 Å². The summed E-state index contributed by atoms with van der Waals surface area (Å²) in [5.41, 5.74) is 3.09. The number of thiophene rings is 1. The Kier molecular flexibility index (Phi) is 3.67. The summed E-state index contributed by atoms with van der Waals surface area (Å²) < 4.78 is 0. The van der Waals surface area contributed by atoms with Crippen LogP contribution in [0.3, 0.4) is 0 Å². The van der Waals surface area contributed by atoms with E-state index >= 15 is 0 Å². The van der Waals surface area contributed by atoms with Crippen LogP contribution in [0.5, 0.6) is 0 Å². The van der Waals surface area contributed by atoms with Crippen LogP contribution in [0.25, 0.3) is 0 Å². The minimum atomic E-state index is 0.000892. The molecule has 1 nitrogen and oxygen atoms in total. The van der Waals surface area contributed by atoms with Crippen LogP contribution in [0.4, 0.5) is 0 Å². The van der Waals surface area contributed by atoms with Crippen LogP contribution in [0.15, 0.2) is 41.1 Å². The summed E-state index contributed by atoms with van der Waals surface area (Å²) in [6.07, 6.45) is 0.497. The van der Waals surface area contributed by atoms with E-state index in [9.17, 15) is 4.79 Å². The van der Waals surface area contributed by atoms with Crippen LogP contribution in [-0.2, 0) is 11.8 Å². The molecule has 0 radical (unpaired) electrons. The fourth-order valence-corrected chi connectivity index (χ4v) is 2.72. The summed E-state index contributed by atoms with van der Waals surface area (Å²) in [7, 11) is 0. The molecule has 0 unspecified atom stereocenters. The van der Waals surface area contributed by atoms with E-state index in [0.717, 1.165) is 16.7 Å². The Balaban J connectivity index is 2.31. The SMILES string of the molecule is CC(C)(C)c1ccccc1C(=O)Cc1ccsc1. The molecule has 0 saturated carbocycles. The summed E-state index contributed by atoms with van der Waals surface area (Å²) in [5, 5.41) is 4.05. The molecule has 0 saturated heterocycles. The Bertz CT molecular complexity index is 532. The Hall–Kier alpha value is -1.41. The van der Waals surface area contributed by atoms with E-state index in [0.29, 0.717) is 6.42 Å². The van der Waals surface area contributed by atoms with E-state index < -0.39 is 0 Å². The maximum absolute atomic E-state index is 12.4. The second-order valence-electron chi connectivity index (χ2n) is 5.53. The molecule has 2 aromatic rings. The first kappa shape index (κ1) is 13.0. The zero-order valence-corrected chi connectivity index (χ0v) is 11.9. The second-order valence-corrected chi connectivity index (χ2v) is 6.31. The van der Waals surface area contributed by atoms with Gasteiger partial charge in [0.25, 0.3) is 0 Å². The van der Waals surface area contributed by atoms with Gasteiger partial charge in [-0.2, -0.15) is 11.3 Å². The maximum atomic E-state index is 12.4. The normalized spacial score (nSPS) is 11.5. The Morgan fingerprint density at radius 1 is 1.17 bits per heavy atom. The number of Topliss-reactive ketones (excluding diaryl/α,β-unsaturated/α-hetero) is 1. The van der Waals surface area contributed by atoms with E-state index in [2.05, 4.69) is 26.8 Å². The lowest BCUT2D eigenvalue weighted by Crippen LogP contribution is -2.17. The zero-order chi connectivity index (χ0) is 13.2. The van der Waals surface area contributed by atoms with E-state index in [4.69, 9.17) is 0 Å². The molecular weight excluding hydrogens is 240 g/mol. The second kappa shape index (κ2) is 5.07. The molecule has 1 aromatic carbocycles. The molecule has 0 fully saturated rings. The van der Waals surface area contributed by atoms with Gasteiger partial charge in [0.15, 0.2) is 5.78 Å². The van der Waals surface area contributed by atoms with E-state index in [1.165, 1.54) is 0 Å². The van der Waals surface area contributed by atoms with Gasteiger partial charge in [0, 0.05) is 12.0 Å². The molecule has 0 aliphatic carbocycles. The number of carbonyl (C=O) groups is 1. The summed E-state index contributed by atoms with van der Waals surface area (Å²) in [5.74, 6) is 0.207. The first-order valence-electron chi connectivity index (χ1n) is 6.12. The largest absolute Gasteiger partial charge is 0.294 e. The van der Waals surface area contributed by atoms with Gasteiger partial charge < -0.3 is 0 Å². The van der Waals surface area contributed by atoms with Gasteiger partial charge in [-0.1, -0.05) is 45.0 Å². The van der Waals surface area contributed by atoms with E-state index in [1.807, 2.05) is 35.0 Å². The fraction of sp³-hybridized carbons (Fsp3) is 0.312. The maximum Gasteiger partial charge on any atom is 0.167 e. The van der Waals surface area contributed by atoms with Crippen molar-refractivity contribution in [3.63, 3.8) is 0 Å². The summed E-state index contributed by atoms with van der Waals surface area (Å²) >= 11 is 1.63. The monoisotopic (exact) mass is 258 g/mol. The van der Waals surface area contributed by atoms with Crippen LogP contribution >= 0.6 is 11.3 Å². The van der Waals surface area contributed by atoms with Crippen LogP contribution in [0.1, 0.15) is 42.3 Å². The lowest BCUT2D eigenvalue weighted by molar-refractivity contribution is 0.0991. The molecule has 0 spiro atoms. The first-order valence-corrected chi connectivity index (χ1v) is 7.06. The quantitative estimate of drug-likeness (QED) is 0.742. The molecule has 2 heteroatoms. The van der Waals surface area contributed by atoms with Crippen molar-refractivity contribution >= 4 is 17.1 Å². The van der Waals surface area contributed by atoms with Crippen molar-refractivity contribution in [2.24, 2.45) is 0 Å². The van der Waals surface area contributed by atoms with Crippen LogP contribution in [0.2, 0.25) is 0 Å². The highest BCUT2D eigenvalue weighted by Crippen LogP contribution is 2.26. The summed E-state index contributed by atoms with van der Waals surface area (Å²) in [6, 6.07) is 9.95. The van der Waals surface area contributed by atoms with Crippen molar-refractivity contribution in [2.75, 3.05) is 0 Å². The lowest BCUT2D eigenvalue weighted by Gasteiger charge is -2.22. The topological polar surface area (TPSA) is 17.1 Å². The Morgan fingerprint density at radius 2 is 1.89 bits per heavy atom. The average Bonchev–Trinajstić information content (AvgIpc) is 2.80. The van der Waals surface area contributed by atoms with E-state index in [1.54, 1.807) is 11.3 Å². The van der Waals surface area contributed by atoms with Gasteiger partial charge in [-0.15, -0.1) is 0 Å². The fourth-order valence-electron chi connectivity index (χ4n) is 2.05. The number of carbonyl (C=O) groups excluding carboxylic acids is 1. The Labute approximate surface area is 112 Å². The van der Waals surface area contributed by atoms with Gasteiger partial charge in [-0.3, -0.25) is 4.79 Å². The molecule has 2 rings (SSSR count). The summed E-state index contributed by atoms with van der Waals surface area (Å²) in [6.45, 7) is 6.43. The van der Waals surface area contributed by atoms with Crippen molar-refractivity contribution in [2.45, 2.75) is 32.6 Å². The number of benzene rings is 1. The van der Waals surface area contributed by atoms with Gasteiger partial charge in [-0.25, -0.2) is 0 Å². The molecule has 0 atom stereocenters. The van der Waals surface area contributed by atoms with Gasteiger partial charge in [-0.05, 0) is 33.4 Å². The first-order chi connectivity index (χ1) is 8.48. The van der Waals surface area contributed by atoms with Crippen LogP contribution < -0.4 is 0 Å². The standard InChI is InChI=1S/C16H18OS/c1-16(2,3)14-7-5-4-6-13(14)15(17)10-12-8-9-18-11-12/h4-9,11H,10H2,1-3H3. The minimum Gasteiger partial charge on any atom is -0.294 e. The molecule has 18 heavy (non-hydrogen) atoms. The molecule has 0 aliphatic rings. The van der Waals surface area contributed by atoms with Crippen molar-refractivity contribution in [1.82, 2.24) is 0 Å². The highest BCUT2D eigenvalue weighted by molar-refractivity contribution is 7.08. The lowest BCUT2D eigenvalue weighted by atomic mass is 9.82. The zero-order valence-electron chi connectivity index (χ0n) is 11.1. The predicted octanol–water partition coefficient (Wildman–Crippen LogP) is 4.47. The molecular formula is C16H18OS. The van der Waals surface area contributed by atoms with Crippen LogP contribution in [0, 0.1) is 0 Å². The molecule has 94 valence electrons. The summed E-state index contributed by atoms with van der Waals surface area (Å²) in [4.78, 5) is 12.4. The van der Waals surface area contributed by atoms with E-state index in [-0.39, 0.29) is 11.2 Å². The molecule has 0 amide bonds. The van der Waals surface area contributed by atoms with Crippen molar-refractivity contribution in [3.05, 3.63) is 57.8 Å². The number of hydrogen-bond donors (Lipinski definition) is 0. The third-order valence-electron chi connectivity index (χ3n) is 2.98. The highest BCUT2D eigenvalue weighted by Gasteiger charge is 2.21. The number of ketones is 1. The smallest absolute Gasteiger partial charge is 0.167 e. The van der Waals surface area contributed by atoms with Crippen molar-refractivity contribution in [1.29, 1.82) is 0 Å². The molecule has 0 aliphatic heterocycles. The van der Waals surface area contributed by atoms with Crippen LogP contribution in [-0.4, -0.2) is 5.78 Å². The minimum absolute atomic E-state index is 0.000892. The Morgan fingerprint density at radius 3 is 2.50 bits per heavy atom. The molecule has 1 aromatic heterocycles. The molecule has 0 N–H and O–H groups in total. The average molecular weight is 258 g/mol. The van der Waals surface area contributed by atoms with Gasteiger partial charge in [0.1, 0.15) is 0 Å². The molecule has 1 heterocycles. The number of rotatable bonds is 3. The molecule has 0 bridgehead atoms. The van der Waals surface area contributed by atoms with Gasteiger partial charge >= 0.3 is 0 Å². The van der Waals surface area contributed by atoms with Crippen molar-refractivity contribution < 1.29 is 4.79 Å².